The molecular formula is C17H21NO2S2. The molecule has 0 fully saturated rings. The van der Waals surface area contributed by atoms with Crippen LogP contribution in [0.2, 0.25) is 0 Å². The second kappa shape index (κ2) is 7.80. The monoisotopic (exact) mass is 335 g/mol. The maximum Gasteiger partial charge on any atom is 0.175 e. The minimum absolute atomic E-state index is 0.00453. The molecule has 0 bridgehead atoms. The van der Waals surface area contributed by atoms with Gasteiger partial charge in [0, 0.05) is 10.4 Å². The van der Waals surface area contributed by atoms with Crippen molar-refractivity contribution in [2.24, 2.45) is 5.73 Å². The number of aliphatic hydroxyl groups excluding tert-OH is 1. The number of ether oxygens (including phenoxy) is 1. The molecule has 0 amide bonds. The summed E-state index contributed by atoms with van der Waals surface area (Å²) >= 11 is 3.26. The Labute approximate surface area is 139 Å². The minimum Gasteiger partial charge on any atom is -0.471 e. The third kappa shape index (κ3) is 5.47. The molecule has 1 unspecified atom stereocenters. The Hall–Kier alpha value is -1.32. The molecule has 0 radical (unpaired) electrons. The highest BCUT2D eigenvalue weighted by atomic mass is 32.1. The third-order valence-electron chi connectivity index (χ3n) is 3.17. The fourth-order valence-corrected chi connectivity index (χ4v) is 3.41. The second-order valence-corrected chi connectivity index (χ2v) is 7.65. The molecule has 0 saturated heterocycles. The van der Waals surface area contributed by atoms with Crippen molar-refractivity contribution in [1.29, 1.82) is 0 Å². The van der Waals surface area contributed by atoms with Gasteiger partial charge in [-0.05, 0) is 55.8 Å². The van der Waals surface area contributed by atoms with Gasteiger partial charge in [-0.15, -0.1) is 22.7 Å². The van der Waals surface area contributed by atoms with Crippen LogP contribution in [0.4, 0.5) is 0 Å². The van der Waals surface area contributed by atoms with Crippen LogP contribution in [0.3, 0.4) is 0 Å². The van der Waals surface area contributed by atoms with Crippen LogP contribution in [0.25, 0.3) is 0 Å². The SMILES string of the molecule is Cc1csc(OCC#Cc2ccc(CCC(C)(N)CO)s2)c1. The average molecular weight is 335 g/mol. The first-order valence-electron chi connectivity index (χ1n) is 7.14. The molecule has 0 spiro atoms. The molecule has 0 saturated carbocycles. The average Bonchev–Trinajstić information content (AvgIpc) is 3.11. The van der Waals surface area contributed by atoms with Gasteiger partial charge in [0.15, 0.2) is 5.06 Å². The van der Waals surface area contributed by atoms with Gasteiger partial charge < -0.3 is 15.6 Å². The fraction of sp³-hybridized carbons (Fsp3) is 0.412. The Bertz CT molecular complexity index is 661. The zero-order valence-electron chi connectivity index (χ0n) is 12.9. The lowest BCUT2D eigenvalue weighted by atomic mass is 9.98. The first-order valence-corrected chi connectivity index (χ1v) is 8.83. The summed E-state index contributed by atoms with van der Waals surface area (Å²) in [6.07, 6.45) is 1.63. The van der Waals surface area contributed by atoms with E-state index < -0.39 is 5.54 Å². The van der Waals surface area contributed by atoms with Gasteiger partial charge in [-0.1, -0.05) is 11.8 Å². The summed E-state index contributed by atoms with van der Waals surface area (Å²) in [5.41, 5.74) is 6.64. The number of hydrogen-bond acceptors (Lipinski definition) is 5. The summed E-state index contributed by atoms with van der Waals surface area (Å²) in [5.74, 6) is 6.16. The molecular weight excluding hydrogens is 314 g/mol. The van der Waals surface area contributed by atoms with E-state index in [-0.39, 0.29) is 6.61 Å². The van der Waals surface area contributed by atoms with E-state index >= 15 is 0 Å². The third-order valence-corrected chi connectivity index (χ3v) is 5.19. The summed E-state index contributed by atoms with van der Waals surface area (Å²) in [7, 11) is 0. The summed E-state index contributed by atoms with van der Waals surface area (Å²) in [4.78, 5) is 2.27. The van der Waals surface area contributed by atoms with Gasteiger partial charge in [0.25, 0.3) is 0 Å². The van der Waals surface area contributed by atoms with E-state index in [9.17, 15) is 0 Å². The molecule has 3 nitrogen and oxygen atoms in total. The lowest BCUT2D eigenvalue weighted by molar-refractivity contribution is 0.201. The van der Waals surface area contributed by atoms with Crippen LogP contribution in [0.15, 0.2) is 23.6 Å². The van der Waals surface area contributed by atoms with Crippen LogP contribution in [-0.4, -0.2) is 23.9 Å². The first kappa shape index (κ1) is 17.0. The van der Waals surface area contributed by atoms with Gasteiger partial charge in [-0.25, -0.2) is 0 Å². The van der Waals surface area contributed by atoms with Crippen LogP contribution in [0.1, 0.15) is 28.7 Å². The van der Waals surface area contributed by atoms with E-state index in [4.69, 9.17) is 15.6 Å². The van der Waals surface area contributed by atoms with E-state index in [0.29, 0.717) is 6.61 Å². The summed E-state index contributed by atoms with van der Waals surface area (Å²) in [6.45, 7) is 4.32. The van der Waals surface area contributed by atoms with Crippen LogP contribution in [-0.2, 0) is 6.42 Å². The summed E-state index contributed by atoms with van der Waals surface area (Å²) in [6, 6.07) is 6.11. The van der Waals surface area contributed by atoms with Crippen molar-refractivity contribution in [2.75, 3.05) is 13.2 Å². The highest BCUT2D eigenvalue weighted by Crippen LogP contribution is 2.22. The van der Waals surface area contributed by atoms with E-state index in [2.05, 4.69) is 23.3 Å². The van der Waals surface area contributed by atoms with Gasteiger partial charge in [-0.2, -0.15) is 0 Å². The molecule has 22 heavy (non-hydrogen) atoms. The summed E-state index contributed by atoms with van der Waals surface area (Å²) in [5, 5.41) is 12.1. The Morgan fingerprint density at radius 3 is 2.91 bits per heavy atom. The predicted octanol–water partition coefficient (Wildman–Crippen LogP) is 3.19. The largest absolute Gasteiger partial charge is 0.471 e. The molecule has 118 valence electrons. The van der Waals surface area contributed by atoms with Crippen molar-refractivity contribution >= 4 is 22.7 Å². The molecule has 0 aliphatic rings. The van der Waals surface area contributed by atoms with E-state index in [1.54, 1.807) is 22.7 Å². The van der Waals surface area contributed by atoms with Crippen molar-refractivity contribution in [2.45, 2.75) is 32.2 Å². The molecule has 2 aromatic heterocycles. The van der Waals surface area contributed by atoms with Gasteiger partial charge in [0.1, 0.15) is 6.61 Å². The van der Waals surface area contributed by atoms with Crippen LogP contribution in [0.5, 0.6) is 5.06 Å². The maximum atomic E-state index is 9.16. The Kier molecular flexibility index (Phi) is 6.04. The van der Waals surface area contributed by atoms with E-state index in [1.807, 2.05) is 26.0 Å². The normalized spacial score (nSPS) is 13.3. The van der Waals surface area contributed by atoms with E-state index in [1.165, 1.54) is 10.4 Å². The number of aryl methyl sites for hydroxylation is 2. The molecule has 1 atom stereocenters. The standard InChI is InChI=1S/C17H21NO2S2/c1-13-10-16(21-11-13)20-9-3-4-14-5-6-15(22-14)7-8-17(2,18)12-19/h5-6,10-11,19H,7-9,12,18H2,1-2H3. The minimum atomic E-state index is -0.511. The van der Waals surface area contributed by atoms with Crippen molar-refractivity contribution < 1.29 is 9.84 Å². The molecule has 3 N–H and O–H groups in total. The highest BCUT2D eigenvalue weighted by molar-refractivity contribution is 7.12. The van der Waals surface area contributed by atoms with Crippen molar-refractivity contribution in [3.05, 3.63) is 38.9 Å². The molecule has 0 aliphatic heterocycles. The number of rotatable bonds is 6. The zero-order chi connectivity index (χ0) is 16.0. The predicted molar refractivity (Wildman–Crippen MR) is 93.7 cm³/mol. The molecule has 2 rings (SSSR count). The van der Waals surface area contributed by atoms with Gasteiger partial charge in [0.2, 0.25) is 0 Å². The summed E-state index contributed by atoms with van der Waals surface area (Å²) < 4.78 is 5.57. The van der Waals surface area contributed by atoms with E-state index in [0.717, 1.165) is 22.8 Å². The van der Waals surface area contributed by atoms with Gasteiger partial charge in [0.05, 0.1) is 11.5 Å². The number of nitrogens with two attached hydrogens (primary N) is 1. The first-order chi connectivity index (χ1) is 10.5. The molecule has 2 aromatic rings. The van der Waals surface area contributed by atoms with Crippen LogP contribution >= 0.6 is 22.7 Å². The van der Waals surface area contributed by atoms with Crippen molar-refractivity contribution in [3.63, 3.8) is 0 Å². The number of thiophene rings is 2. The molecule has 2 heterocycles. The molecule has 0 aromatic carbocycles. The Balaban J connectivity index is 1.81. The highest BCUT2D eigenvalue weighted by Gasteiger charge is 2.16. The lowest BCUT2D eigenvalue weighted by Crippen LogP contribution is -2.40. The zero-order valence-corrected chi connectivity index (χ0v) is 14.5. The Morgan fingerprint density at radius 1 is 1.41 bits per heavy atom. The van der Waals surface area contributed by atoms with Crippen molar-refractivity contribution in [1.82, 2.24) is 0 Å². The molecule has 0 aliphatic carbocycles. The van der Waals surface area contributed by atoms with Gasteiger partial charge in [-0.3, -0.25) is 0 Å². The number of aliphatic hydroxyl groups is 1. The van der Waals surface area contributed by atoms with Crippen LogP contribution in [0, 0.1) is 18.8 Å². The maximum absolute atomic E-state index is 9.16. The topological polar surface area (TPSA) is 55.5 Å². The smallest absolute Gasteiger partial charge is 0.175 e. The lowest BCUT2D eigenvalue weighted by Gasteiger charge is -2.20. The second-order valence-electron chi connectivity index (χ2n) is 5.61. The molecule has 5 heteroatoms. The number of hydrogen-bond donors (Lipinski definition) is 2. The fourth-order valence-electron chi connectivity index (χ4n) is 1.78. The van der Waals surface area contributed by atoms with Crippen LogP contribution < -0.4 is 10.5 Å². The Morgan fingerprint density at radius 2 is 2.23 bits per heavy atom. The van der Waals surface area contributed by atoms with Crippen molar-refractivity contribution in [3.8, 4) is 16.9 Å². The van der Waals surface area contributed by atoms with Gasteiger partial charge >= 0.3 is 0 Å². The quantitative estimate of drug-likeness (QED) is 0.797.